The number of rotatable bonds is 4. The Morgan fingerprint density at radius 2 is 1.45 bits per heavy atom. The molecule has 0 bridgehead atoms. The summed E-state index contributed by atoms with van der Waals surface area (Å²) in [5.41, 5.74) is 5.99. The Hall–Kier alpha value is -1.44. The fourth-order valence-electron chi connectivity index (χ4n) is 2.42. The van der Waals surface area contributed by atoms with Gasteiger partial charge in [0.2, 0.25) is 0 Å². The van der Waals surface area contributed by atoms with Crippen LogP contribution in [0.4, 0.5) is 0 Å². The van der Waals surface area contributed by atoms with E-state index in [1.54, 1.807) is 0 Å². The molecule has 1 aliphatic rings. The van der Waals surface area contributed by atoms with Crippen LogP contribution in [0.2, 0.25) is 0 Å². The molecular weight excluding hydrogens is 285 g/mol. The van der Waals surface area contributed by atoms with E-state index in [1.165, 1.54) is 26.4 Å². The van der Waals surface area contributed by atoms with Gasteiger partial charge >= 0.3 is 7.12 Å². The van der Waals surface area contributed by atoms with Crippen molar-refractivity contribution >= 4 is 7.12 Å². The Morgan fingerprint density at radius 1 is 1.05 bits per heavy atom. The van der Waals surface area contributed by atoms with Crippen molar-refractivity contribution in [2.75, 3.05) is 14.2 Å². The first-order valence-corrected chi connectivity index (χ1v) is 7.19. The van der Waals surface area contributed by atoms with E-state index in [2.05, 4.69) is 0 Å². The Kier molecular flexibility index (Phi) is 4.34. The molecule has 2 rings (SSSR count). The summed E-state index contributed by atoms with van der Waals surface area (Å²) < 4.78 is 22.6. The van der Waals surface area contributed by atoms with Gasteiger partial charge in [0.25, 0.3) is 0 Å². The number of benzene rings is 1. The van der Waals surface area contributed by atoms with Gasteiger partial charge in [-0.2, -0.15) is 0 Å². The number of methoxy groups -OCH3 is 2. The monoisotopic (exact) mass is 309 g/mol. The number of aromatic hydroxyl groups is 1. The maximum Gasteiger partial charge on any atom is 0.480 e. The standard InChI is InChI=1S/C15H24BNO5/c1-14(2)15(3,4)22-16(21-14)13(17)12-10(19-5)7-9(18)8-11(12)20-6/h7-8,13,18H,17H2,1-6H3/t13-/m1/s1. The predicted molar refractivity (Wildman–Crippen MR) is 84.2 cm³/mol. The number of nitrogens with two attached hydrogens (primary N) is 1. The van der Waals surface area contributed by atoms with E-state index in [4.69, 9.17) is 24.5 Å². The zero-order valence-electron chi connectivity index (χ0n) is 14.0. The zero-order chi connectivity index (χ0) is 16.7. The first-order valence-electron chi connectivity index (χ1n) is 7.19. The molecule has 0 aromatic heterocycles. The number of phenolic OH excluding ortho intramolecular Hbond substituents is 1. The molecule has 7 heteroatoms. The van der Waals surface area contributed by atoms with Gasteiger partial charge in [-0.25, -0.2) is 0 Å². The van der Waals surface area contributed by atoms with Gasteiger partial charge in [-0.05, 0) is 27.7 Å². The van der Waals surface area contributed by atoms with Crippen LogP contribution in [0.5, 0.6) is 17.2 Å². The zero-order valence-corrected chi connectivity index (χ0v) is 14.0. The van der Waals surface area contributed by atoms with E-state index < -0.39 is 24.3 Å². The third kappa shape index (κ3) is 2.76. The molecule has 0 amide bonds. The first-order chi connectivity index (χ1) is 10.1. The van der Waals surface area contributed by atoms with Crippen molar-refractivity contribution < 1.29 is 23.9 Å². The molecule has 1 aliphatic heterocycles. The van der Waals surface area contributed by atoms with Gasteiger partial charge in [0.05, 0.1) is 36.9 Å². The summed E-state index contributed by atoms with van der Waals surface area (Å²) in [6.45, 7) is 7.85. The summed E-state index contributed by atoms with van der Waals surface area (Å²) in [4.78, 5) is 0. The van der Waals surface area contributed by atoms with E-state index >= 15 is 0 Å². The lowest BCUT2D eigenvalue weighted by Crippen LogP contribution is -2.41. The molecule has 0 unspecified atom stereocenters. The molecule has 0 radical (unpaired) electrons. The van der Waals surface area contributed by atoms with Gasteiger partial charge in [0.1, 0.15) is 17.2 Å². The lowest BCUT2D eigenvalue weighted by molar-refractivity contribution is 0.00578. The van der Waals surface area contributed by atoms with Crippen LogP contribution in [-0.2, 0) is 9.31 Å². The second-order valence-corrected chi connectivity index (χ2v) is 6.41. The second-order valence-electron chi connectivity index (χ2n) is 6.41. The van der Waals surface area contributed by atoms with Gasteiger partial charge in [-0.1, -0.05) is 0 Å². The molecule has 1 aromatic rings. The van der Waals surface area contributed by atoms with E-state index in [1.807, 2.05) is 27.7 Å². The Morgan fingerprint density at radius 3 is 1.82 bits per heavy atom. The quantitative estimate of drug-likeness (QED) is 0.828. The highest BCUT2D eigenvalue weighted by atomic mass is 16.7. The number of hydrogen-bond acceptors (Lipinski definition) is 6. The highest BCUT2D eigenvalue weighted by Crippen LogP contribution is 2.43. The fraction of sp³-hybridized carbons (Fsp3) is 0.600. The van der Waals surface area contributed by atoms with Gasteiger partial charge in [0.15, 0.2) is 0 Å². The van der Waals surface area contributed by atoms with E-state index in [-0.39, 0.29) is 5.75 Å². The highest BCUT2D eigenvalue weighted by Gasteiger charge is 2.54. The van der Waals surface area contributed by atoms with E-state index in [0.717, 1.165) is 0 Å². The molecule has 6 nitrogen and oxygen atoms in total. The van der Waals surface area contributed by atoms with Crippen LogP contribution in [-0.4, -0.2) is 37.6 Å². The molecule has 3 N–H and O–H groups in total. The average molecular weight is 309 g/mol. The smallest absolute Gasteiger partial charge is 0.480 e. The van der Waals surface area contributed by atoms with Crippen LogP contribution in [0, 0.1) is 0 Å². The summed E-state index contributed by atoms with van der Waals surface area (Å²) in [6.07, 6.45) is 0. The van der Waals surface area contributed by atoms with Crippen LogP contribution in [0.25, 0.3) is 0 Å². The second kappa shape index (κ2) is 5.64. The van der Waals surface area contributed by atoms with Gasteiger partial charge < -0.3 is 29.6 Å². The molecule has 1 fully saturated rings. The van der Waals surface area contributed by atoms with Crippen LogP contribution < -0.4 is 15.2 Å². The summed E-state index contributed by atoms with van der Waals surface area (Å²) in [5.74, 6) is 0.281. The molecule has 1 aromatic carbocycles. The van der Waals surface area contributed by atoms with Gasteiger partial charge in [-0.15, -0.1) is 0 Å². The Bertz CT molecular complexity index is 520. The minimum absolute atomic E-state index is 0.0403. The van der Waals surface area contributed by atoms with Crippen LogP contribution in [0.15, 0.2) is 12.1 Å². The molecule has 0 spiro atoms. The van der Waals surface area contributed by atoms with Crippen molar-refractivity contribution in [1.29, 1.82) is 0 Å². The lowest BCUT2D eigenvalue weighted by Gasteiger charge is -2.32. The first kappa shape index (κ1) is 16.9. The average Bonchev–Trinajstić information content (AvgIpc) is 2.65. The highest BCUT2D eigenvalue weighted by molar-refractivity contribution is 6.47. The molecule has 22 heavy (non-hydrogen) atoms. The van der Waals surface area contributed by atoms with Gasteiger partial charge in [-0.3, -0.25) is 0 Å². The molecule has 0 saturated carbocycles. The fourth-order valence-corrected chi connectivity index (χ4v) is 2.42. The summed E-state index contributed by atoms with van der Waals surface area (Å²) in [7, 11) is 2.38. The Balaban J connectivity index is 2.40. The summed E-state index contributed by atoms with van der Waals surface area (Å²) in [5, 5.41) is 9.73. The van der Waals surface area contributed by atoms with E-state index in [9.17, 15) is 5.11 Å². The maximum atomic E-state index is 9.73. The molecule has 0 aliphatic carbocycles. The molecule has 1 atom stereocenters. The predicted octanol–water partition coefficient (Wildman–Crippen LogP) is 2.04. The Labute approximate surface area is 131 Å². The third-order valence-corrected chi connectivity index (χ3v) is 4.43. The third-order valence-electron chi connectivity index (χ3n) is 4.43. The van der Waals surface area contributed by atoms with Crippen molar-refractivity contribution in [1.82, 2.24) is 0 Å². The molecule has 1 saturated heterocycles. The van der Waals surface area contributed by atoms with Crippen molar-refractivity contribution in [2.24, 2.45) is 5.73 Å². The maximum absolute atomic E-state index is 9.73. The number of ether oxygens (including phenoxy) is 2. The normalized spacial score (nSPS) is 20.8. The largest absolute Gasteiger partial charge is 0.508 e. The van der Waals surface area contributed by atoms with Crippen LogP contribution in [0.3, 0.4) is 0 Å². The summed E-state index contributed by atoms with van der Waals surface area (Å²) >= 11 is 0. The number of phenols is 1. The minimum atomic E-state index is -0.641. The van der Waals surface area contributed by atoms with Crippen LogP contribution in [0.1, 0.15) is 39.2 Å². The van der Waals surface area contributed by atoms with Crippen molar-refractivity contribution in [3.63, 3.8) is 0 Å². The molecule has 1 heterocycles. The van der Waals surface area contributed by atoms with Gasteiger partial charge in [0, 0.05) is 12.1 Å². The van der Waals surface area contributed by atoms with Crippen molar-refractivity contribution in [3.8, 4) is 17.2 Å². The molecular formula is C15H24BNO5. The summed E-state index contributed by atoms with van der Waals surface area (Å²) in [6, 6.07) is 2.98. The minimum Gasteiger partial charge on any atom is -0.508 e. The SMILES string of the molecule is COc1cc(O)cc(OC)c1[C@@H](N)B1OC(C)(C)C(C)(C)O1. The van der Waals surface area contributed by atoms with Crippen LogP contribution >= 0.6 is 0 Å². The topological polar surface area (TPSA) is 83.2 Å². The van der Waals surface area contributed by atoms with Crippen molar-refractivity contribution in [3.05, 3.63) is 17.7 Å². The lowest BCUT2D eigenvalue weighted by atomic mass is 9.74. The molecule has 122 valence electrons. The van der Waals surface area contributed by atoms with Crippen molar-refractivity contribution in [2.45, 2.75) is 44.8 Å². The van der Waals surface area contributed by atoms with E-state index in [0.29, 0.717) is 17.1 Å². The number of hydrogen-bond donors (Lipinski definition) is 2.